The van der Waals surface area contributed by atoms with E-state index in [9.17, 15) is 9.18 Å². The number of Topliss-reactive ketones (excluding diaryl/α,β-unsaturated/α-hetero) is 1. The molecular weight excluding hydrogens is 259 g/mol. The van der Waals surface area contributed by atoms with Crippen LogP contribution in [0.25, 0.3) is 0 Å². The second-order valence-corrected chi connectivity index (χ2v) is 5.21. The van der Waals surface area contributed by atoms with Crippen molar-refractivity contribution in [2.24, 2.45) is 0 Å². The lowest BCUT2D eigenvalue weighted by atomic mass is 9.85. The molecule has 0 spiro atoms. The van der Waals surface area contributed by atoms with Crippen molar-refractivity contribution in [3.8, 4) is 0 Å². The van der Waals surface area contributed by atoms with Crippen molar-refractivity contribution in [2.45, 2.75) is 38.7 Å². The van der Waals surface area contributed by atoms with Crippen LogP contribution in [-0.2, 0) is 20.7 Å². The Bertz CT molecular complexity index is 473. The highest BCUT2D eigenvalue weighted by atomic mass is 19.1. The van der Waals surface area contributed by atoms with E-state index in [1.807, 2.05) is 13.8 Å². The Balaban J connectivity index is 2.15. The maximum Gasteiger partial charge on any atom is 0.169 e. The Hall–Kier alpha value is -1.26. The molecule has 0 unspecified atom stereocenters. The third-order valence-corrected chi connectivity index (χ3v) is 3.88. The molecule has 0 aromatic heterocycles. The van der Waals surface area contributed by atoms with E-state index >= 15 is 0 Å². The first kappa shape index (κ1) is 15.1. The fourth-order valence-corrected chi connectivity index (χ4v) is 2.67. The van der Waals surface area contributed by atoms with Gasteiger partial charge in [0, 0.05) is 39.1 Å². The molecule has 0 saturated carbocycles. The number of aryl methyl sites for hydroxylation is 1. The summed E-state index contributed by atoms with van der Waals surface area (Å²) in [6.45, 7) is 5.33. The molecule has 4 heteroatoms. The van der Waals surface area contributed by atoms with E-state index in [-0.39, 0.29) is 18.0 Å². The van der Waals surface area contributed by atoms with Gasteiger partial charge in [0.25, 0.3) is 0 Å². The molecule has 0 bridgehead atoms. The van der Waals surface area contributed by atoms with Gasteiger partial charge in [0.05, 0.1) is 0 Å². The zero-order valence-electron chi connectivity index (χ0n) is 12.1. The van der Waals surface area contributed by atoms with Gasteiger partial charge in [-0.05, 0) is 37.1 Å². The van der Waals surface area contributed by atoms with Crippen molar-refractivity contribution in [1.29, 1.82) is 0 Å². The summed E-state index contributed by atoms with van der Waals surface area (Å²) in [6, 6.07) is 4.54. The van der Waals surface area contributed by atoms with Gasteiger partial charge >= 0.3 is 0 Å². The lowest BCUT2D eigenvalue weighted by Crippen LogP contribution is -2.47. The molecule has 1 aromatic carbocycles. The van der Waals surface area contributed by atoms with Gasteiger partial charge in [-0.2, -0.15) is 0 Å². The fourth-order valence-electron chi connectivity index (χ4n) is 2.67. The number of halogens is 1. The quantitative estimate of drug-likeness (QED) is 0.832. The first-order valence-electron chi connectivity index (χ1n) is 7.07. The maximum atomic E-state index is 13.1. The second kappa shape index (κ2) is 6.46. The van der Waals surface area contributed by atoms with Crippen molar-refractivity contribution in [1.82, 2.24) is 0 Å². The number of carbonyl (C=O) groups is 1. The molecule has 0 aliphatic carbocycles. The number of ketones is 1. The predicted octanol–water partition coefficient (Wildman–Crippen LogP) is 2.83. The van der Waals surface area contributed by atoms with Gasteiger partial charge < -0.3 is 9.47 Å². The highest BCUT2D eigenvalue weighted by molar-refractivity contribution is 5.89. The highest BCUT2D eigenvalue weighted by Gasteiger charge is 2.40. The zero-order chi connectivity index (χ0) is 14.6. The molecule has 3 nitrogen and oxygen atoms in total. The van der Waals surface area contributed by atoms with Crippen molar-refractivity contribution < 1.29 is 18.7 Å². The molecule has 0 radical (unpaired) electrons. The average molecular weight is 280 g/mol. The molecule has 1 aromatic rings. The number of carbonyl (C=O) groups excluding carboxylic acids is 1. The van der Waals surface area contributed by atoms with E-state index in [0.717, 1.165) is 11.1 Å². The summed E-state index contributed by atoms with van der Waals surface area (Å²) in [6.07, 6.45) is 1.48. The zero-order valence-corrected chi connectivity index (χ0v) is 12.1. The molecule has 1 fully saturated rings. The predicted molar refractivity (Wildman–Crippen MR) is 74.3 cm³/mol. The van der Waals surface area contributed by atoms with Gasteiger partial charge in [-0.1, -0.05) is 6.07 Å². The van der Waals surface area contributed by atoms with Gasteiger partial charge in [-0.3, -0.25) is 4.79 Å². The smallest absolute Gasteiger partial charge is 0.169 e. The molecule has 1 aliphatic rings. The van der Waals surface area contributed by atoms with Crippen molar-refractivity contribution in [3.63, 3.8) is 0 Å². The third kappa shape index (κ3) is 3.25. The summed E-state index contributed by atoms with van der Waals surface area (Å²) in [5.74, 6) is -0.207. The SMILES string of the molecule is CCOC1(C(=O)Cc2ccc(F)cc2C)CCOCC1. The van der Waals surface area contributed by atoms with Gasteiger partial charge in [0.1, 0.15) is 11.4 Å². The van der Waals surface area contributed by atoms with Gasteiger partial charge in [-0.25, -0.2) is 4.39 Å². The average Bonchev–Trinajstić information content (AvgIpc) is 2.43. The van der Waals surface area contributed by atoms with Crippen LogP contribution in [0.15, 0.2) is 18.2 Å². The van der Waals surface area contributed by atoms with Crippen LogP contribution in [-0.4, -0.2) is 31.2 Å². The normalized spacial score (nSPS) is 17.9. The first-order chi connectivity index (χ1) is 9.57. The Morgan fingerprint density at radius 2 is 2.10 bits per heavy atom. The Morgan fingerprint density at radius 3 is 2.70 bits per heavy atom. The Morgan fingerprint density at radius 1 is 1.40 bits per heavy atom. The van der Waals surface area contributed by atoms with E-state index in [4.69, 9.17) is 9.47 Å². The van der Waals surface area contributed by atoms with Crippen molar-refractivity contribution >= 4 is 5.78 Å². The lowest BCUT2D eigenvalue weighted by Gasteiger charge is -2.35. The molecule has 0 atom stereocenters. The monoisotopic (exact) mass is 280 g/mol. The van der Waals surface area contributed by atoms with E-state index < -0.39 is 5.60 Å². The van der Waals surface area contributed by atoms with E-state index in [2.05, 4.69) is 0 Å². The minimum absolute atomic E-state index is 0.0670. The summed E-state index contributed by atoms with van der Waals surface area (Å²) >= 11 is 0. The molecule has 1 saturated heterocycles. The summed E-state index contributed by atoms with van der Waals surface area (Å²) < 4.78 is 24.2. The van der Waals surface area contributed by atoms with Crippen LogP contribution in [0.1, 0.15) is 30.9 Å². The van der Waals surface area contributed by atoms with Crippen LogP contribution in [0.5, 0.6) is 0 Å². The van der Waals surface area contributed by atoms with Crippen LogP contribution in [0, 0.1) is 12.7 Å². The second-order valence-electron chi connectivity index (χ2n) is 5.21. The topological polar surface area (TPSA) is 35.5 Å². The minimum Gasteiger partial charge on any atom is -0.381 e. The van der Waals surface area contributed by atoms with Crippen LogP contribution in [0.2, 0.25) is 0 Å². The van der Waals surface area contributed by atoms with Gasteiger partial charge in [0.15, 0.2) is 5.78 Å². The number of benzene rings is 1. The first-order valence-corrected chi connectivity index (χ1v) is 7.07. The number of ether oxygens (including phenoxy) is 2. The van der Waals surface area contributed by atoms with Crippen molar-refractivity contribution in [3.05, 3.63) is 35.1 Å². The van der Waals surface area contributed by atoms with Crippen LogP contribution >= 0.6 is 0 Å². The van der Waals surface area contributed by atoms with E-state index in [1.54, 1.807) is 6.07 Å². The molecule has 0 N–H and O–H groups in total. The van der Waals surface area contributed by atoms with Gasteiger partial charge in [0.2, 0.25) is 0 Å². The van der Waals surface area contributed by atoms with Gasteiger partial charge in [-0.15, -0.1) is 0 Å². The third-order valence-electron chi connectivity index (χ3n) is 3.88. The number of hydrogen-bond donors (Lipinski definition) is 0. The number of hydrogen-bond acceptors (Lipinski definition) is 3. The molecule has 1 heterocycles. The van der Waals surface area contributed by atoms with E-state index in [1.165, 1.54) is 12.1 Å². The van der Waals surface area contributed by atoms with Crippen LogP contribution in [0.3, 0.4) is 0 Å². The van der Waals surface area contributed by atoms with Crippen molar-refractivity contribution in [2.75, 3.05) is 19.8 Å². The highest BCUT2D eigenvalue weighted by Crippen LogP contribution is 2.28. The Labute approximate surface area is 119 Å². The molecule has 1 aliphatic heterocycles. The number of rotatable bonds is 5. The maximum absolute atomic E-state index is 13.1. The van der Waals surface area contributed by atoms with Crippen LogP contribution < -0.4 is 0 Å². The summed E-state index contributed by atoms with van der Waals surface area (Å²) in [5, 5.41) is 0. The molecular formula is C16H21FO3. The molecule has 20 heavy (non-hydrogen) atoms. The standard InChI is InChI=1S/C16H21FO3/c1-3-20-16(6-8-19-9-7-16)15(18)11-13-4-5-14(17)10-12(13)2/h4-5,10H,3,6-9,11H2,1-2H3. The molecule has 0 amide bonds. The summed E-state index contributed by atoms with van der Waals surface area (Å²) in [5.41, 5.74) is 0.937. The molecule has 2 rings (SSSR count). The lowest BCUT2D eigenvalue weighted by molar-refractivity contribution is -0.156. The molecule has 110 valence electrons. The summed E-state index contributed by atoms with van der Waals surface area (Å²) in [4.78, 5) is 12.6. The fraction of sp³-hybridized carbons (Fsp3) is 0.562. The summed E-state index contributed by atoms with van der Waals surface area (Å²) in [7, 11) is 0. The minimum atomic E-state index is -0.728. The Kier molecular flexibility index (Phi) is 4.89. The van der Waals surface area contributed by atoms with Crippen LogP contribution in [0.4, 0.5) is 4.39 Å². The largest absolute Gasteiger partial charge is 0.381 e. The van der Waals surface area contributed by atoms with E-state index in [0.29, 0.717) is 32.7 Å².